The Morgan fingerprint density at radius 3 is 1.42 bits per heavy atom. The Hall–Kier alpha value is -2.90. The van der Waals surface area contributed by atoms with Crippen molar-refractivity contribution >= 4 is 12.2 Å². The van der Waals surface area contributed by atoms with Crippen molar-refractivity contribution < 1.29 is 23.2 Å². The van der Waals surface area contributed by atoms with Crippen LogP contribution in [0.25, 0.3) is 12.2 Å². The maximum atomic E-state index is 4.76. The molecule has 31 heavy (non-hydrogen) atoms. The van der Waals surface area contributed by atoms with Gasteiger partial charge in [0.05, 0.1) is 0 Å². The van der Waals surface area contributed by atoms with Crippen LogP contribution < -0.4 is 0 Å². The fourth-order valence-corrected chi connectivity index (χ4v) is 8.90. The molecule has 6 rings (SSSR count). The zero-order valence-electron chi connectivity index (χ0n) is 16.9. The third kappa shape index (κ3) is 3.38. The summed E-state index contributed by atoms with van der Waals surface area (Å²) < 4.78 is 3.15. The molecule has 0 saturated carbocycles. The number of aromatic nitrogens is 2. The predicted octanol–water partition coefficient (Wildman–Crippen LogP) is 6.23. The molecule has 2 atom stereocenters. The summed E-state index contributed by atoms with van der Waals surface area (Å²) in [5.41, 5.74) is 7.79. The normalized spacial score (nSPS) is 18.7. The SMILES string of the molecule is C1=[C]([Zr][C]2=Cc3ccccc3C2c2ccccn2)C(c2ccccn2)c2ccccc21. The van der Waals surface area contributed by atoms with E-state index in [1.165, 1.54) is 22.3 Å². The van der Waals surface area contributed by atoms with Crippen molar-refractivity contribution in [1.82, 2.24) is 9.97 Å². The Morgan fingerprint density at radius 2 is 0.968 bits per heavy atom. The van der Waals surface area contributed by atoms with E-state index >= 15 is 0 Å². The van der Waals surface area contributed by atoms with Gasteiger partial charge >= 0.3 is 195 Å². The molecule has 0 saturated heterocycles. The Labute approximate surface area is 194 Å². The number of rotatable bonds is 4. The van der Waals surface area contributed by atoms with Crippen LogP contribution in [-0.2, 0) is 23.2 Å². The first-order valence-electron chi connectivity index (χ1n) is 10.6. The van der Waals surface area contributed by atoms with Crippen LogP contribution in [-0.4, -0.2) is 9.97 Å². The number of pyridine rings is 2. The summed E-state index contributed by atoms with van der Waals surface area (Å²) in [5, 5.41) is 0. The average Bonchev–Trinajstić information content (AvgIpc) is 3.38. The van der Waals surface area contributed by atoms with Gasteiger partial charge in [-0.1, -0.05) is 0 Å². The van der Waals surface area contributed by atoms with Crippen molar-refractivity contribution in [2.24, 2.45) is 0 Å². The van der Waals surface area contributed by atoms with Gasteiger partial charge in [-0.2, -0.15) is 0 Å². The molecule has 2 heterocycles. The number of hydrogen-bond donors (Lipinski definition) is 0. The summed E-state index contributed by atoms with van der Waals surface area (Å²) in [5.74, 6) is 0.552. The van der Waals surface area contributed by atoms with Crippen LogP contribution in [0.5, 0.6) is 0 Å². The molecule has 2 unspecified atom stereocenters. The summed E-state index contributed by atoms with van der Waals surface area (Å²) in [6.45, 7) is 0. The Kier molecular flexibility index (Phi) is 4.85. The van der Waals surface area contributed by atoms with E-state index in [4.69, 9.17) is 9.97 Å². The Bertz CT molecular complexity index is 1210. The minimum atomic E-state index is -1.07. The number of hydrogen-bond acceptors (Lipinski definition) is 2. The molecule has 146 valence electrons. The van der Waals surface area contributed by atoms with Gasteiger partial charge in [0.15, 0.2) is 0 Å². The number of fused-ring (bicyclic) bond motifs is 2. The quantitative estimate of drug-likeness (QED) is 0.350. The Morgan fingerprint density at radius 1 is 0.516 bits per heavy atom. The Balaban J connectivity index is 1.43. The summed E-state index contributed by atoms with van der Waals surface area (Å²) >= 11 is -1.07. The van der Waals surface area contributed by atoms with E-state index in [9.17, 15) is 0 Å². The summed E-state index contributed by atoms with van der Waals surface area (Å²) in [4.78, 5) is 9.51. The second-order valence-corrected chi connectivity index (χ2v) is 11.4. The second kappa shape index (κ2) is 7.98. The van der Waals surface area contributed by atoms with Crippen molar-refractivity contribution in [2.75, 3.05) is 0 Å². The van der Waals surface area contributed by atoms with E-state index in [0.717, 1.165) is 11.4 Å². The molecule has 2 aromatic heterocycles. The summed E-state index contributed by atoms with van der Waals surface area (Å²) in [6, 6.07) is 30.2. The molecule has 0 N–H and O–H groups in total. The summed E-state index contributed by atoms with van der Waals surface area (Å²) in [7, 11) is 0. The van der Waals surface area contributed by atoms with Crippen LogP contribution in [0.15, 0.2) is 104 Å². The van der Waals surface area contributed by atoms with Crippen molar-refractivity contribution in [3.63, 3.8) is 0 Å². The molecule has 2 aromatic carbocycles. The standard InChI is InChI=1S/2C14H10N.Zr/c2*1-2-6-12-11(5-1)8-9-13(12)14-7-3-4-10-15-14;/h2*1-8,10,13H;. The molecule has 2 nitrogen and oxygen atoms in total. The van der Waals surface area contributed by atoms with Gasteiger partial charge in [-0.25, -0.2) is 0 Å². The van der Waals surface area contributed by atoms with Gasteiger partial charge in [0.25, 0.3) is 0 Å². The monoisotopic (exact) mass is 474 g/mol. The third-order valence-electron chi connectivity index (χ3n) is 6.11. The molecular formula is C28H20N2Zr. The van der Waals surface area contributed by atoms with Gasteiger partial charge in [0.2, 0.25) is 0 Å². The topological polar surface area (TPSA) is 25.8 Å². The van der Waals surface area contributed by atoms with Gasteiger partial charge in [-0.05, 0) is 0 Å². The zero-order chi connectivity index (χ0) is 20.6. The van der Waals surface area contributed by atoms with Crippen LogP contribution in [0.3, 0.4) is 0 Å². The molecular weight excluding hydrogens is 456 g/mol. The molecule has 2 aliphatic rings. The van der Waals surface area contributed by atoms with E-state index in [1.54, 1.807) is 6.56 Å². The first kappa shape index (κ1) is 18.8. The van der Waals surface area contributed by atoms with Crippen LogP contribution in [0, 0.1) is 0 Å². The molecule has 4 aromatic rings. The van der Waals surface area contributed by atoms with Crippen LogP contribution in [0.1, 0.15) is 45.5 Å². The summed E-state index contributed by atoms with van der Waals surface area (Å²) in [6.07, 6.45) is 8.72. The molecule has 2 aliphatic carbocycles. The van der Waals surface area contributed by atoms with Gasteiger partial charge in [-0.3, -0.25) is 0 Å². The fraction of sp³-hybridized carbons (Fsp3) is 0.0714. The van der Waals surface area contributed by atoms with E-state index in [2.05, 4.69) is 84.9 Å². The van der Waals surface area contributed by atoms with Gasteiger partial charge in [-0.15, -0.1) is 0 Å². The van der Waals surface area contributed by atoms with Crippen molar-refractivity contribution in [3.8, 4) is 0 Å². The molecule has 0 amide bonds. The van der Waals surface area contributed by atoms with Crippen molar-refractivity contribution in [3.05, 3.63) is 138 Å². The van der Waals surface area contributed by atoms with Crippen LogP contribution in [0.4, 0.5) is 0 Å². The minimum absolute atomic E-state index is 0.276. The molecule has 3 heteroatoms. The second-order valence-electron chi connectivity index (χ2n) is 7.96. The first-order valence-corrected chi connectivity index (χ1v) is 13.0. The maximum absolute atomic E-state index is 4.76. The number of benzene rings is 2. The predicted molar refractivity (Wildman–Crippen MR) is 121 cm³/mol. The van der Waals surface area contributed by atoms with Crippen LogP contribution >= 0.6 is 0 Å². The van der Waals surface area contributed by atoms with Crippen molar-refractivity contribution in [2.45, 2.75) is 11.8 Å². The van der Waals surface area contributed by atoms with E-state index in [0.29, 0.717) is 0 Å². The third-order valence-corrected chi connectivity index (χ3v) is 9.66. The van der Waals surface area contributed by atoms with E-state index in [1.807, 2.05) is 24.5 Å². The molecule has 0 aliphatic heterocycles. The van der Waals surface area contributed by atoms with E-state index < -0.39 is 23.2 Å². The zero-order valence-corrected chi connectivity index (χ0v) is 19.4. The number of nitrogens with zero attached hydrogens (tertiary/aromatic N) is 2. The van der Waals surface area contributed by atoms with Crippen LogP contribution in [0.2, 0.25) is 0 Å². The van der Waals surface area contributed by atoms with Gasteiger partial charge in [0.1, 0.15) is 0 Å². The molecule has 0 spiro atoms. The first-order chi connectivity index (χ1) is 15.4. The average molecular weight is 476 g/mol. The van der Waals surface area contributed by atoms with E-state index in [-0.39, 0.29) is 11.8 Å². The molecule has 0 bridgehead atoms. The molecule has 0 fully saturated rings. The van der Waals surface area contributed by atoms with Crippen molar-refractivity contribution in [1.29, 1.82) is 0 Å². The molecule has 0 radical (unpaired) electrons. The van der Waals surface area contributed by atoms with Gasteiger partial charge < -0.3 is 0 Å². The fourth-order valence-electron chi connectivity index (χ4n) is 4.76. The number of allylic oxidation sites excluding steroid dienone is 2. The van der Waals surface area contributed by atoms with Gasteiger partial charge in [0, 0.05) is 0 Å².